The average Bonchev–Trinajstić information content (AvgIpc) is 4.14. The molecule has 0 spiro atoms. The molecule has 9 aromatic carbocycles. The zero-order valence-corrected chi connectivity index (χ0v) is 37.5. The minimum Gasteiger partial charge on any atom is -0.456 e. The number of fused-ring (bicyclic) bond motifs is 10. The number of nitrogens with zero attached hydrogens (tertiary/aromatic N) is 4. The number of aromatic nitrogens is 4. The number of rotatable bonds is 6. The van der Waals surface area contributed by atoms with Crippen LogP contribution < -0.4 is 0 Å². The Morgan fingerprint density at radius 2 is 0.897 bits per heavy atom. The average molecular weight is 871 g/mol. The molecule has 0 saturated heterocycles. The summed E-state index contributed by atoms with van der Waals surface area (Å²) in [6.07, 6.45) is 0. The highest BCUT2D eigenvalue weighted by molar-refractivity contribution is 6.11. The second-order valence-corrected chi connectivity index (χ2v) is 18.6. The third-order valence-corrected chi connectivity index (χ3v) is 14.3. The molecule has 4 aromatic heterocycles. The molecule has 0 unspecified atom stereocenters. The highest BCUT2D eigenvalue weighted by Gasteiger charge is 2.37. The third kappa shape index (κ3) is 5.75. The Balaban J connectivity index is 1.04. The van der Waals surface area contributed by atoms with Gasteiger partial charge in [0.05, 0.1) is 33.5 Å². The van der Waals surface area contributed by atoms with Crippen molar-refractivity contribution in [1.82, 2.24) is 19.1 Å². The van der Waals surface area contributed by atoms with Crippen LogP contribution in [-0.4, -0.2) is 19.1 Å². The van der Waals surface area contributed by atoms with Crippen LogP contribution in [0.25, 0.3) is 122 Å². The second kappa shape index (κ2) is 14.6. The molecule has 0 saturated carbocycles. The van der Waals surface area contributed by atoms with E-state index in [1.165, 1.54) is 43.8 Å². The van der Waals surface area contributed by atoms with E-state index in [-0.39, 0.29) is 5.41 Å². The van der Waals surface area contributed by atoms with Crippen molar-refractivity contribution in [1.29, 1.82) is 0 Å². The fraction of sp³-hybridized carbons (Fsp3) is 0.0476. The summed E-state index contributed by atoms with van der Waals surface area (Å²) in [6, 6.07) is 78.3. The summed E-state index contributed by atoms with van der Waals surface area (Å²) < 4.78 is 11.1. The zero-order valence-electron chi connectivity index (χ0n) is 37.5. The molecule has 68 heavy (non-hydrogen) atoms. The van der Waals surface area contributed by atoms with Crippen molar-refractivity contribution < 1.29 is 4.42 Å². The molecule has 14 rings (SSSR count). The van der Waals surface area contributed by atoms with Crippen molar-refractivity contribution in [3.05, 3.63) is 230 Å². The maximum atomic E-state index is 6.30. The van der Waals surface area contributed by atoms with E-state index in [1.54, 1.807) is 0 Å². The molecule has 4 heterocycles. The van der Waals surface area contributed by atoms with Crippen LogP contribution in [0.1, 0.15) is 25.0 Å². The van der Waals surface area contributed by atoms with Crippen LogP contribution in [0.15, 0.2) is 223 Å². The molecule has 0 atom stereocenters. The zero-order chi connectivity index (χ0) is 45.1. The molecule has 0 amide bonds. The van der Waals surface area contributed by atoms with Gasteiger partial charge in [0, 0.05) is 66.0 Å². The Morgan fingerprint density at radius 1 is 0.397 bits per heavy atom. The van der Waals surface area contributed by atoms with Gasteiger partial charge in [-0.3, -0.25) is 0 Å². The second-order valence-electron chi connectivity index (χ2n) is 18.6. The van der Waals surface area contributed by atoms with Gasteiger partial charge >= 0.3 is 0 Å². The van der Waals surface area contributed by atoms with Gasteiger partial charge in [-0.1, -0.05) is 172 Å². The first-order valence-corrected chi connectivity index (χ1v) is 23.3. The van der Waals surface area contributed by atoms with Crippen LogP contribution in [0.2, 0.25) is 0 Å². The Bertz CT molecular complexity index is 3910. The smallest absolute Gasteiger partial charge is 0.160 e. The molecular weight excluding hydrogens is 829 g/mol. The number of benzene rings is 9. The lowest BCUT2D eigenvalue weighted by atomic mass is 9.82. The molecule has 1 aliphatic carbocycles. The van der Waals surface area contributed by atoms with E-state index in [0.717, 1.165) is 83.8 Å². The Labute approximate surface area is 392 Å². The summed E-state index contributed by atoms with van der Waals surface area (Å²) in [5.41, 5.74) is 18.1. The van der Waals surface area contributed by atoms with E-state index in [2.05, 4.69) is 223 Å². The van der Waals surface area contributed by atoms with Gasteiger partial charge in [-0.05, 0) is 82.9 Å². The maximum Gasteiger partial charge on any atom is 0.160 e. The highest BCUT2D eigenvalue weighted by Crippen LogP contribution is 2.52. The molecule has 1 aliphatic rings. The highest BCUT2D eigenvalue weighted by atomic mass is 16.3. The van der Waals surface area contributed by atoms with Gasteiger partial charge in [0.2, 0.25) is 0 Å². The van der Waals surface area contributed by atoms with Crippen LogP contribution in [0.3, 0.4) is 0 Å². The Hall–Kier alpha value is -8.80. The maximum absolute atomic E-state index is 6.30. The van der Waals surface area contributed by atoms with Crippen molar-refractivity contribution in [2.75, 3.05) is 0 Å². The van der Waals surface area contributed by atoms with Crippen molar-refractivity contribution in [3.63, 3.8) is 0 Å². The lowest BCUT2D eigenvalue weighted by Crippen LogP contribution is -2.14. The molecular formula is C63H42N4O. The van der Waals surface area contributed by atoms with Crippen LogP contribution in [0.4, 0.5) is 0 Å². The minimum absolute atomic E-state index is 0.166. The SMILES string of the molecule is CC1(C)c2ccccc2-c2c(-c3cc(-c4ccc(-c5cc6ccccc6o5)cc4)nc(-c4cc(-n5c6ccccc6c6ccccc65)cc(-n5c6ccccc6c6ccccc65)c4)n3)cccc21. The molecule has 0 fully saturated rings. The number of hydrogen-bond acceptors (Lipinski definition) is 3. The van der Waals surface area contributed by atoms with Crippen LogP contribution in [-0.2, 0) is 5.41 Å². The lowest BCUT2D eigenvalue weighted by molar-refractivity contribution is 0.631. The Kier molecular flexibility index (Phi) is 8.26. The van der Waals surface area contributed by atoms with Crippen molar-refractivity contribution >= 4 is 54.6 Å². The normalized spacial score (nSPS) is 13.0. The molecule has 5 nitrogen and oxygen atoms in total. The van der Waals surface area contributed by atoms with Crippen molar-refractivity contribution in [2.24, 2.45) is 0 Å². The quantitative estimate of drug-likeness (QED) is 0.167. The summed E-state index contributed by atoms with van der Waals surface area (Å²) in [6.45, 7) is 4.66. The predicted octanol–water partition coefficient (Wildman–Crippen LogP) is 16.4. The predicted molar refractivity (Wildman–Crippen MR) is 280 cm³/mol. The van der Waals surface area contributed by atoms with Gasteiger partial charge in [0.15, 0.2) is 5.82 Å². The monoisotopic (exact) mass is 870 g/mol. The number of hydrogen-bond donors (Lipinski definition) is 0. The van der Waals surface area contributed by atoms with Crippen molar-refractivity contribution in [3.8, 4) is 67.7 Å². The topological polar surface area (TPSA) is 48.8 Å². The molecule has 320 valence electrons. The van der Waals surface area contributed by atoms with Gasteiger partial charge in [0.25, 0.3) is 0 Å². The molecule has 0 radical (unpaired) electrons. The first-order chi connectivity index (χ1) is 33.5. The Morgan fingerprint density at radius 3 is 1.51 bits per heavy atom. The van der Waals surface area contributed by atoms with Crippen LogP contribution >= 0.6 is 0 Å². The molecule has 0 N–H and O–H groups in total. The summed E-state index contributed by atoms with van der Waals surface area (Å²) in [5.74, 6) is 1.48. The minimum atomic E-state index is -0.166. The standard InChI is InChI=1S/C63H42N4O/c1-63(2)51-23-9-4-21-49(51)61-50(22-15-24-52(61)63)54-38-53(39-30-32-40(33-31-39)60-36-41-16-3-14-29-59(41)68-60)64-62(65-54)42-34-43(66-55-25-10-5-17-45(55)46-18-6-11-26-56(46)66)37-44(35-42)67-57-27-12-7-19-47(57)48-20-8-13-28-58(48)67/h3-38H,1-2H3. The van der Waals surface area contributed by atoms with E-state index in [9.17, 15) is 0 Å². The number of para-hydroxylation sites is 5. The lowest BCUT2D eigenvalue weighted by Gasteiger charge is -2.21. The van der Waals surface area contributed by atoms with Gasteiger partial charge < -0.3 is 13.6 Å². The van der Waals surface area contributed by atoms with Gasteiger partial charge in [-0.25, -0.2) is 9.97 Å². The summed E-state index contributed by atoms with van der Waals surface area (Å²) >= 11 is 0. The van der Waals surface area contributed by atoms with Crippen LogP contribution in [0.5, 0.6) is 0 Å². The summed E-state index contributed by atoms with van der Waals surface area (Å²) in [4.78, 5) is 11.2. The van der Waals surface area contributed by atoms with E-state index in [0.29, 0.717) is 5.82 Å². The van der Waals surface area contributed by atoms with Gasteiger partial charge in [0.1, 0.15) is 11.3 Å². The molecule has 5 heteroatoms. The van der Waals surface area contributed by atoms with Crippen molar-refractivity contribution in [2.45, 2.75) is 19.3 Å². The van der Waals surface area contributed by atoms with E-state index < -0.39 is 0 Å². The summed E-state index contributed by atoms with van der Waals surface area (Å²) in [5, 5.41) is 5.92. The summed E-state index contributed by atoms with van der Waals surface area (Å²) in [7, 11) is 0. The van der Waals surface area contributed by atoms with Gasteiger partial charge in [-0.2, -0.15) is 0 Å². The first-order valence-electron chi connectivity index (χ1n) is 23.3. The molecule has 0 bridgehead atoms. The number of furan rings is 1. The molecule has 0 aliphatic heterocycles. The van der Waals surface area contributed by atoms with Crippen LogP contribution in [0, 0.1) is 0 Å². The van der Waals surface area contributed by atoms with Gasteiger partial charge in [-0.15, -0.1) is 0 Å². The third-order valence-electron chi connectivity index (χ3n) is 14.3. The first kappa shape index (κ1) is 38.5. The largest absolute Gasteiger partial charge is 0.456 e. The van der Waals surface area contributed by atoms with E-state index in [1.807, 2.05) is 18.2 Å². The fourth-order valence-corrected chi connectivity index (χ4v) is 11.1. The van der Waals surface area contributed by atoms with E-state index >= 15 is 0 Å². The fourth-order valence-electron chi connectivity index (χ4n) is 11.1. The molecule has 13 aromatic rings. The van der Waals surface area contributed by atoms with E-state index in [4.69, 9.17) is 14.4 Å².